The van der Waals surface area contributed by atoms with E-state index in [0.717, 1.165) is 57.3 Å². The molecule has 0 spiro atoms. The highest BCUT2D eigenvalue weighted by molar-refractivity contribution is 5.91. The Morgan fingerprint density at radius 1 is 0.491 bits per heavy atom. The molecule has 3 saturated heterocycles. The van der Waals surface area contributed by atoms with Crippen molar-refractivity contribution in [1.82, 2.24) is 31.1 Å². The van der Waals surface area contributed by atoms with Crippen LogP contribution in [-0.4, -0.2) is 182 Å². The standard InChI is InChI=1S/C42H53N3O9.C38H49N3O5.C4H4O4/c1-28(2)40(45-20-12-19-43-42(45)51)35(46)23-33(21-31-15-7-5-8-16-31)24-36(54-39(50)27-52-26-38(48)49)34(22-32-17-9-6-10-18-32)44-37(47)25-53-41-29(3)13-11-14-30(41)4;1-26(2)36(41-20-12-19-39-38(41)45)34(43)24-31(21-29-15-7-5-8-16-29)23-33(42)32(22-30-17-9-6-10-18-30)40-35(44)25-46-37-27(3)13-11-14-28(37)4;5-3-1-7-2-4(6)8-3/h5-11,13-18,28,33-34,36,40H,12,19-27H2,1-4H3,(H,43,51)(H,44,47)(H,48,49);5-11,13-18,26,31-33,36,42H,12,19-25H2,1-4H3,(H,39,45)(H,40,44);1-2H2/t33?,34?,36-,40-;31?,32?,33-,36-;/m00./s1. The minimum Gasteiger partial charge on any atom is -0.483 e. The van der Waals surface area contributed by atoms with E-state index in [4.69, 9.17) is 24.1 Å². The molecule has 580 valence electrons. The maximum absolute atomic E-state index is 14.3. The Morgan fingerprint density at radius 2 is 0.870 bits per heavy atom. The summed E-state index contributed by atoms with van der Waals surface area (Å²) in [5.74, 6) is -3.65. The summed E-state index contributed by atoms with van der Waals surface area (Å²) < 4.78 is 31.6. The molecule has 0 radical (unpaired) electrons. The highest BCUT2D eigenvalue weighted by Gasteiger charge is 2.39. The number of rotatable bonds is 37. The number of ketones is 2. The van der Waals surface area contributed by atoms with Crippen LogP contribution >= 0.6 is 0 Å². The van der Waals surface area contributed by atoms with Crippen LogP contribution in [0.1, 0.15) is 111 Å². The van der Waals surface area contributed by atoms with Gasteiger partial charge in [0.2, 0.25) is 0 Å². The summed E-state index contributed by atoms with van der Waals surface area (Å²) in [4.78, 5) is 129. The minimum atomic E-state index is -1.24. The largest absolute Gasteiger partial charge is 0.483 e. The van der Waals surface area contributed by atoms with Crippen LogP contribution in [0.2, 0.25) is 0 Å². The normalized spacial score (nSPS) is 15.8. The van der Waals surface area contributed by atoms with E-state index in [1.165, 1.54) is 0 Å². The second kappa shape index (κ2) is 44.1. The molecule has 0 aromatic heterocycles. The molecule has 0 bridgehead atoms. The van der Waals surface area contributed by atoms with Crippen LogP contribution in [-0.2, 0) is 83.0 Å². The van der Waals surface area contributed by atoms with Crippen LogP contribution < -0.4 is 30.7 Å². The van der Waals surface area contributed by atoms with Gasteiger partial charge in [-0.25, -0.2) is 28.8 Å². The fourth-order valence-electron chi connectivity index (χ4n) is 13.9. The van der Waals surface area contributed by atoms with E-state index >= 15 is 0 Å². The number of carboxylic acids is 1. The number of nitrogens with one attached hydrogen (secondary N) is 4. The van der Waals surface area contributed by atoms with Gasteiger partial charge in [-0.05, 0) is 147 Å². The van der Waals surface area contributed by atoms with Gasteiger partial charge in [-0.3, -0.25) is 19.2 Å². The Labute approximate surface area is 633 Å². The van der Waals surface area contributed by atoms with Gasteiger partial charge in [-0.2, -0.15) is 0 Å². The number of carbonyl (C=O) groups is 10. The monoisotopic (exact) mass is 1490 g/mol. The van der Waals surface area contributed by atoms with Crippen LogP contribution in [0.3, 0.4) is 0 Å². The number of nitrogens with zero attached hydrogens (tertiary/aromatic N) is 2. The third-order valence-corrected chi connectivity index (χ3v) is 18.8. The fraction of sp³-hybridized carbons (Fsp3) is 0.452. The first-order valence-electron chi connectivity index (χ1n) is 37.1. The van der Waals surface area contributed by atoms with Crippen molar-refractivity contribution >= 4 is 59.3 Å². The van der Waals surface area contributed by atoms with E-state index in [-0.39, 0.29) is 105 Å². The van der Waals surface area contributed by atoms with Crippen molar-refractivity contribution in [1.29, 1.82) is 0 Å². The first-order valence-corrected chi connectivity index (χ1v) is 37.1. The lowest BCUT2D eigenvalue weighted by atomic mass is 9.83. The van der Waals surface area contributed by atoms with Crippen molar-refractivity contribution in [2.24, 2.45) is 23.7 Å². The number of esters is 3. The molecule has 6 amide bonds. The molecule has 4 unspecified atom stereocenters. The number of urea groups is 2. The summed E-state index contributed by atoms with van der Waals surface area (Å²) in [5.41, 5.74) is 7.54. The predicted octanol–water partition coefficient (Wildman–Crippen LogP) is 9.58. The van der Waals surface area contributed by atoms with Crippen LogP contribution in [0.5, 0.6) is 11.5 Å². The Bertz CT molecular complexity index is 3850. The van der Waals surface area contributed by atoms with E-state index < -0.39 is 79.4 Å². The average Bonchev–Trinajstić information content (AvgIpc) is 0.825. The second-order valence-corrected chi connectivity index (χ2v) is 28.4. The van der Waals surface area contributed by atoms with Gasteiger partial charge < -0.3 is 69.7 Å². The smallest absolute Gasteiger partial charge is 0.339 e. The Hall–Kier alpha value is -10.3. The molecule has 24 heteroatoms. The highest BCUT2D eigenvalue weighted by atomic mass is 16.6. The lowest BCUT2D eigenvalue weighted by Gasteiger charge is -2.37. The van der Waals surface area contributed by atoms with Crippen LogP contribution in [0.25, 0.3) is 0 Å². The fourth-order valence-corrected chi connectivity index (χ4v) is 13.9. The average molecular weight is 1490 g/mol. The number of ether oxygens (including phenoxy) is 6. The van der Waals surface area contributed by atoms with Crippen LogP contribution in [0, 0.1) is 51.4 Å². The third kappa shape index (κ3) is 28.4. The molecule has 3 aliphatic heterocycles. The van der Waals surface area contributed by atoms with Gasteiger partial charge in [-0.15, -0.1) is 0 Å². The van der Waals surface area contributed by atoms with Gasteiger partial charge in [0.25, 0.3) is 11.8 Å². The SMILES string of the molecule is Cc1cccc(C)c1OCC(=O)NC(Cc1ccccc1)[C@@H](O)CC(CC(=O)[C@H](C(C)C)N1CCCNC1=O)Cc1ccccc1.Cc1cccc(C)c1OCC(=O)NC(Cc1ccccc1)[C@H](CC(CC(=O)[C@H](C(C)C)N1CCCNC1=O)Cc1ccccc1)OC(=O)COCC(=O)O.O=C1COCC(=O)O1. The lowest BCUT2D eigenvalue weighted by molar-refractivity contribution is -0.174. The molecular formula is C84H106N6O18. The van der Waals surface area contributed by atoms with Gasteiger partial charge in [0.15, 0.2) is 24.8 Å². The third-order valence-electron chi connectivity index (χ3n) is 18.8. The van der Waals surface area contributed by atoms with E-state index in [2.05, 4.69) is 30.7 Å². The van der Waals surface area contributed by atoms with Crippen molar-refractivity contribution < 1.29 is 86.6 Å². The van der Waals surface area contributed by atoms with Crippen molar-refractivity contribution in [3.63, 3.8) is 0 Å². The molecule has 6 aromatic carbocycles. The molecule has 24 nitrogen and oxygen atoms in total. The highest BCUT2D eigenvalue weighted by Crippen LogP contribution is 2.30. The number of carboxylic acid groups (broad SMARTS) is 1. The van der Waals surface area contributed by atoms with Crippen molar-refractivity contribution in [2.45, 2.75) is 156 Å². The van der Waals surface area contributed by atoms with Crippen LogP contribution in [0.15, 0.2) is 158 Å². The summed E-state index contributed by atoms with van der Waals surface area (Å²) >= 11 is 0. The van der Waals surface area contributed by atoms with Crippen molar-refractivity contribution in [3.8, 4) is 11.5 Å². The number of Topliss-reactive ketones (excluding diaryl/α,β-unsaturated/α-hetero) is 2. The number of aliphatic hydroxyl groups is 1. The zero-order valence-corrected chi connectivity index (χ0v) is 63.2. The summed E-state index contributed by atoms with van der Waals surface area (Å²) in [6.07, 6.45) is 2.11. The molecular weight excluding hydrogens is 1380 g/mol. The first kappa shape index (κ1) is 85.0. The quantitative estimate of drug-likeness (QED) is 0.0156. The zero-order chi connectivity index (χ0) is 78.1. The molecule has 6 N–H and O–H groups in total. The Balaban J connectivity index is 0.000000274. The molecule has 108 heavy (non-hydrogen) atoms. The lowest BCUT2D eigenvalue weighted by Crippen LogP contribution is -2.56. The molecule has 8 atom stereocenters. The van der Waals surface area contributed by atoms with Crippen molar-refractivity contribution in [3.05, 3.63) is 202 Å². The predicted molar refractivity (Wildman–Crippen MR) is 406 cm³/mol. The summed E-state index contributed by atoms with van der Waals surface area (Å²) in [5, 5.41) is 32.6. The van der Waals surface area contributed by atoms with E-state index in [0.29, 0.717) is 63.4 Å². The number of amides is 6. The first-order chi connectivity index (χ1) is 51.8. The number of para-hydroxylation sites is 2. The van der Waals surface area contributed by atoms with E-state index in [1.807, 2.05) is 213 Å². The maximum Gasteiger partial charge on any atom is 0.339 e. The molecule has 9 rings (SSSR count). The van der Waals surface area contributed by atoms with Gasteiger partial charge in [0, 0.05) is 39.0 Å². The number of carbonyl (C=O) groups excluding carboxylic acids is 9. The Kier molecular flexibility index (Phi) is 34.7. The van der Waals surface area contributed by atoms with Gasteiger partial charge >= 0.3 is 35.9 Å². The Morgan fingerprint density at radius 3 is 1.24 bits per heavy atom. The number of aryl methyl sites for hydroxylation is 4. The number of aliphatic hydroxyl groups excluding tert-OH is 1. The van der Waals surface area contributed by atoms with E-state index in [1.54, 1.807) is 9.80 Å². The number of aliphatic carboxylic acids is 1. The number of hydrogen-bond donors (Lipinski definition) is 6. The number of benzene rings is 6. The molecule has 3 aliphatic rings. The van der Waals surface area contributed by atoms with Gasteiger partial charge in [0.05, 0.1) is 30.3 Å². The molecule has 3 heterocycles. The van der Waals surface area contributed by atoms with Gasteiger partial charge in [-0.1, -0.05) is 185 Å². The van der Waals surface area contributed by atoms with E-state index in [9.17, 15) is 53.1 Å². The summed E-state index contributed by atoms with van der Waals surface area (Å²) in [6.45, 7) is 15.7. The molecule has 3 fully saturated rings. The minimum absolute atomic E-state index is 0.00849. The summed E-state index contributed by atoms with van der Waals surface area (Å²) in [6, 6.07) is 47.3. The zero-order valence-electron chi connectivity index (χ0n) is 63.2. The van der Waals surface area contributed by atoms with Crippen molar-refractivity contribution in [2.75, 3.05) is 65.8 Å². The topological polar surface area (TPSA) is 321 Å². The molecule has 0 aliphatic carbocycles. The maximum atomic E-state index is 14.3. The summed E-state index contributed by atoms with van der Waals surface area (Å²) in [7, 11) is 0. The number of cyclic esters (lactones) is 2. The number of hydrogen-bond acceptors (Lipinski definition) is 17. The molecule has 6 aromatic rings. The second-order valence-electron chi connectivity index (χ2n) is 28.4. The van der Waals surface area contributed by atoms with Crippen LogP contribution in [0.4, 0.5) is 9.59 Å². The van der Waals surface area contributed by atoms with Gasteiger partial charge in [0.1, 0.15) is 44.0 Å². The molecule has 0 saturated carbocycles.